The van der Waals surface area contributed by atoms with Crippen LogP contribution in [0.4, 0.5) is 13.2 Å². The van der Waals surface area contributed by atoms with Crippen LogP contribution in [0.15, 0.2) is 18.2 Å². The smallest absolute Gasteiger partial charge is 0.490 e. The van der Waals surface area contributed by atoms with Crippen molar-refractivity contribution in [1.82, 2.24) is 0 Å². The molecule has 0 bridgehead atoms. The molecule has 0 atom stereocenters. The van der Waals surface area contributed by atoms with Gasteiger partial charge in [0.25, 0.3) is 0 Å². The van der Waals surface area contributed by atoms with Crippen LogP contribution in [0.1, 0.15) is 24.2 Å². The van der Waals surface area contributed by atoms with Crippen molar-refractivity contribution in [3.63, 3.8) is 0 Å². The summed E-state index contributed by atoms with van der Waals surface area (Å²) in [5, 5.41) is 0. The Morgan fingerprint density at radius 1 is 1.29 bits per heavy atom. The fourth-order valence-corrected chi connectivity index (χ4v) is 1.18. The van der Waals surface area contributed by atoms with E-state index in [1.54, 1.807) is 13.8 Å². The quantitative estimate of drug-likeness (QED) is 0.767. The van der Waals surface area contributed by atoms with Crippen LogP contribution >= 0.6 is 0 Å². The van der Waals surface area contributed by atoms with Gasteiger partial charge in [-0.15, -0.1) is 13.2 Å². The van der Waals surface area contributed by atoms with Crippen molar-refractivity contribution in [2.24, 2.45) is 0 Å². The number of benzene rings is 1. The lowest BCUT2D eigenvalue weighted by Gasteiger charge is -2.13. The van der Waals surface area contributed by atoms with Crippen LogP contribution in [0.3, 0.4) is 0 Å². The van der Waals surface area contributed by atoms with Crippen LogP contribution in [-0.2, 0) is 0 Å². The van der Waals surface area contributed by atoms with Gasteiger partial charge in [0, 0.05) is 0 Å². The molecule has 1 aromatic carbocycles. The number of halogens is 3. The Kier molecular flexibility index (Phi) is 3.98. The Morgan fingerprint density at radius 3 is 2.41 bits per heavy atom. The molecule has 0 fully saturated rings. The molecule has 0 aliphatic carbocycles. The molecular weight excluding hydrogens is 237 g/mol. The third kappa shape index (κ3) is 4.34. The molecule has 0 radical (unpaired) electrons. The van der Waals surface area contributed by atoms with Crippen LogP contribution in [-0.4, -0.2) is 18.8 Å². The van der Waals surface area contributed by atoms with Crippen LogP contribution in [0, 0.1) is 0 Å². The largest absolute Gasteiger partial charge is 0.573 e. The molecule has 1 aromatic rings. The molecule has 94 valence electrons. The first-order valence-electron chi connectivity index (χ1n) is 4.83. The van der Waals surface area contributed by atoms with Crippen molar-refractivity contribution in [2.45, 2.75) is 26.3 Å². The second-order valence-electron chi connectivity index (χ2n) is 3.53. The molecule has 6 heteroatoms. The lowest BCUT2D eigenvalue weighted by Crippen LogP contribution is -2.17. The zero-order valence-electron chi connectivity index (χ0n) is 9.25. The number of hydrogen-bond acceptors (Lipinski definition) is 3. The van der Waals surface area contributed by atoms with Gasteiger partial charge in [-0.05, 0) is 32.0 Å². The Balaban J connectivity index is 2.96. The zero-order valence-corrected chi connectivity index (χ0v) is 9.25. The van der Waals surface area contributed by atoms with Crippen LogP contribution in [0.2, 0.25) is 0 Å². The van der Waals surface area contributed by atoms with Crippen molar-refractivity contribution in [3.8, 4) is 11.5 Å². The van der Waals surface area contributed by atoms with Crippen molar-refractivity contribution in [3.05, 3.63) is 23.8 Å². The highest BCUT2D eigenvalue weighted by molar-refractivity contribution is 5.80. The van der Waals surface area contributed by atoms with Gasteiger partial charge in [0.1, 0.15) is 11.5 Å². The molecule has 0 amide bonds. The van der Waals surface area contributed by atoms with Gasteiger partial charge in [0.05, 0.1) is 11.7 Å². The van der Waals surface area contributed by atoms with E-state index >= 15 is 0 Å². The number of carbonyl (C=O) groups excluding carboxylic acids is 1. The summed E-state index contributed by atoms with van der Waals surface area (Å²) < 4.78 is 44.8. The predicted molar refractivity (Wildman–Crippen MR) is 54.3 cm³/mol. The van der Waals surface area contributed by atoms with Gasteiger partial charge in [-0.2, -0.15) is 0 Å². The first kappa shape index (κ1) is 13.3. The van der Waals surface area contributed by atoms with Crippen molar-refractivity contribution in [1.29, 1.82) is 0 Å². The van der Waals surface area contributed by atoms with Gasteiger partial charge in [-0.25, -0.2) is 0 Å². The monoisotopic (exact) mass is 248 g/mol. The fourth-order valence-electron chi connectivity index (χ4n) is 1.18. The molecule has 0 aliphatic rings. The van der Waals surface area contributed by atoms with E-state index in [0.717, 1.165) is 12.1 Å². The van der Waals surface area contributed by atoms with E-state index in [1.165, 1.54) is 6.07 Å². The number of carbonyl (C=O) groups is 1. The Bertz CT molecular complexity index is 399. The SMILES string of the molecule is CC(C)Oc1ccc(OC(F)(F)F)cc1C=O. The molecule has 0 aromatic heterocycles. The molecule has 0 unspecified atom stereocenters. The predicted octanol–water partition coefficient (Wildman–Crippen LogP) is 3.18. The number of rotatable bonds is 4. The molecule has 1 rings (SSSR count). The van der Waals surface area contributed by atoms with Crippen LogP contribution in [0.25, 0.3) is 0 Å². The van der Waals surface area contributed by atoms with Gasteiger partial charge in [-0.3, -0.25) is 4.79 Å². The normalized spacial score (nSPS) is 11.4. The van der Waals surface area contributed by atoms with Crippen molar-refractivity contribution in [2.75, 3.05) is 0 Å². The minimum Gasteiger partial charge on any atom is -0.490 e. The zero-order chi connectivity index (χ0) is 13.1. The number of alkyl halides is 3. The fraction of sp³-hybridized carbons (Fsp3) is 0.364. The highest BCUT2D eigenvalue weighted by Crippen LogP contribution is 2.28. The Labute approximate surface area is 96.1 Å². The average molecular weight is 248 g/mol. The van der Waals surface area contributed by atoms with Gasteiger partial charge >= 0.3 is 6.36 Å². The molecule has 0 saturated carbocycles. The molecule has 0 heterocycles. The summed E-state index contributed by atoms with van der Waals surface area (Å²) in [5.74, 6) is -0.222. The summed E-state index contributed by atoms with van der Waals surface area (Å²) in [6.45, 7) is 3.49. The average Bonchev–Trinajstić information content (AvgIpc) is 2.17. The van der Waals surface area contributed by atoms with Crippen molar-refractivity contribution < 1.29 is 27.4 Å². The second-order valence-corrected chi connectivity index (χ2v) is 3.53. The van der Waals surface area contributed by atoms with Gasteiger partial charge in [0.2, 0.25) is 0 Å². The lowest BCUT2D eigenvalue weighted by atomic mass is 10.2. The molecule has 0 saturated heterocycles. The van der Waals surface area contributed by atoms with Crippen LogP contribution in [0.5, 0.6) is 11.5 Å². The van der Waals surface area contributed by atoms with E-state index in [-0.39, 0.29) is 17.4 Å². The van der Waals surface area contributed by atoms with E-state index in [2.05, 4.69) is 4.74 Å². The maximum atomic E-state index is 11.9. The summed E-state index contributed by atoms with van der Waals surface area (Å²) in [6, 6.07) is 3.35. The molecule has 0 spiro atoms. The minimum atomic E-state index is -4.78. The van der Waals surface area contributed by atoms with E-state index in [4.69, 9.17) is 4.74 Å². The van der Waals surface area contributed by atoms with Gasteiger partial charge in [0.15, 0.2) is 6.29 Å². The first-order chi connectivity index (χ1) is 7.81. The summed E-state index contributed by atoms with van der Waals surface area (Å²) >= 11 is 0. The van der Waals surface area contributed by atoms with Gasteiger partial charge in [-0.1, -0.05) is 0 Å². The molecule has 0 N–H and O–H groups in total. The summed E-state index contributed by atoms with van der Waals surface area (Å²) in [7, 11) is 0. The first-order valence-corrected chi connectivity index (χ1v) is 4.83. The molecule has 17 heavy (non-hydrogen) atoms. The maximum absolute atomic E-state index is 11.9. The second kappa shape index (κ2) is 5.07. The summed E-state index contributed by atoms with van der Waals surface area (Å²) in [5.41, 5.74) is 0.0143. The maximum Gasteiger partial charge on any atom is 0.573 e. The van der Waals surface area contributed by atoms with E-state index in [9.17, 15) is 18.0 Å². The lowest BCUT2D eigenvalue weighted by molar-refractivity contribution is -0.274. The third-order valence-electron chi connectivity index (χ3n) is 1.70. The van der Waals surface area contributed by atoms with E-state index in [1.807, 2.05) is 0 Å². The summed E-state index contributed by atoms with van der Waals surface area (Å²) in [4.78, 5) is 10.7. The molecular formula is C11H11F3O3. The standard InChI is InChI=1S/C11H11F3O3/c1-7(2)16-10-4-3-9(5-8(10)6-15)17-11(12,13)14/h3-7H,1-2H3. The number of hydrogen-bond donors (Lipinski definition) is 0. The van der Waals surface area contributed by atoms with E-state index < -0.39 is 12.1 Å². The Hall–Kier alpha value is -1.72. The van der Waals surface area contributed by atoms with Gasteiger partial charge < -0.3 is 9.47 Å². The molecule has 0 aliphatic heterocycles. The minimum absolute atomic E-state index is 0.0143. The third-order valence-corrected chi connectivity index (χ3v) is 1.70. The van der Waals surface area contributed by atoms with E-state index in [0.29, 0.717) is 6.29 Å². The Morgan fingerprint density at radius 2 is 1.94 bits per heavy atom. The van der Waals surface area contributed by atoms with Crippen molar-refractivity contribution >= 4 is 6.29 Å². The summed E-state index contributed by atoms with van der Waals surface area (Å²) in [6.07, 6.45) is -4.54. The highest BCUT2D eigenvalue weighted by atomic mass is 19.4. The number of ether oxygens (including phenoxy) is 2. The topological polar surface area (TPSA) is 35.5 Å². The molecule has 3 nitrogen and oxygen atoms in total. The number of aldehydes is 1. The highest BCUT2D eigenvalue weighted by Gasteiger charge is 2.31. The van der Waals surface area contributed by atoms with Crippen LogP contribution < -0.4 is 9.47 Å².